The van der Waals surface area contributed by atoms with Crippen molar-refractivity contribution in [3.63, 3.8) is 0 Å². The topological polar surface area (TPSA) is 88.0 Å². The lowest BCUT2D eigenvalue weighted by Gasteiger charge is -2.35. The summed E-state index contributed by atoms with van der Waals surface area (Å²) >= 11 is 0. The van der Waals surface area contributed by atoms with Gasteiger partial charge in [0.15, 0.2) is 0 Å². The van der Waals surface area contributed by atoms with Gasteiger partial charge in [0.25, 0.3) is 0 Å². The summed E-state index contributed by atoms with van der Waals surface area (Å²) < 4.78 is 24.5. The van der Waals surface area contributed by atoms with E-state index in [9.17, 15) is 4.39 Å². The van der Waals surface area contributed by atoms with Crippen molar-refractivity contribution in [1.29, 1.82) is 5.26 Å². The molecule has 5 aromatic rings. The third-order valence-electron chi connectivity index (χ3n) is 7.52. The number of aromatic nitrogens is 5. The van der Waals surface area contributed by atoms with Crippen LogP contribution in [0.2, 0.25) is 0 Å². The molecule has 10 heteroatoms. The van der Waals surface area contributed by atoms with Crippen molar-refractivity contribution in [2.45, 2.75) is 33.2 Å². The Morgan fingerprint density at radius 1 is 0.976 bits per heavy atom. The van der Waals surface area contributed by atoms with Crippen molar-refractivity contribution in [1.82, 2.24) is 29.0 Å². The number of hydrogen-bond acceptors (Lipinski definition) is 7. The molecule has 1 aliphatic heterocycles. The highest BCUT2D eigenvalue weighted by Crippen LogP contribution is 2.22. The van der Waals surface area contributed by atoms with Gasteiger partial charge in [0.05, 0.1) is 47.8 Å². The summed E-state index contributed by atoms with van der Waals surface area (Å²) in [5.74, 6) is 1.86. The first kappa shape index (κ1) is 26.5. The zero-order valence-corrected chi connectivity index (χ0v) is 22.9. The molecule has 0 radical (unpaired) electrons. The minimum Gasteiger partial charge on any atom is -0.473 e. The summed E-state index contributed by atoms with van der Waals surface area (Å²) in [7, 11) is 0. The maximum atomic E-state index is 14.2. The highest BCUT2D eigenvalue weighted by Gasteiger charge is 2.21. The lowest BCUT2D eigenvalue weighted by Crippen LogP contribution is -2.46. The highest BCUT2D eigenvalue weighted by atomic mass is 19.1. The van der Waals surface area contributed by atoms with Gasteiger partial charge in [-0.15, -0.1) is 0 Å². The molecule has 1 saturated heterocycles. The summed E-state index contributed by atoms with van der Waals surface area (Å²) in [5, 5.41) is 8.94. The number of aryl methyl sites for hydroxylation is 1. The van der Waals surface area contributed by atoms with Crippen molar-refractivity contribution in [3.05, 3.63) is 102 Å². The van der Waals surface area contributed by atoms with E-state index >= 15 is 0 Å². The van der Waals surface area contributed by atoms with Gasteiger partial charge in [-0.25, -0.2) is 14.4 Å². The Morgan fingerprint density at radius 3 is 2.63 bits per heavy atom. The molecule has 1 aliphatic rings. The minimum absolute atomic E-state index is 0.0435. The van der Waals surface area contributed by atoms with Crippen LogP contribution in [0.3, 0.4) is 0 Å². The van der Waals surface area contributed by atoms with E-state index in [1.807, 2.05) is 36.8 Å². The number of pyridine rings is 1. The van der Waals surface area contributed by atoms with Crippen LogP contribution in [-0.4, -0.2) is 55.2 Å². The maximum absolute atomic E-state index is 14.2. The van der Waals surface area contributed by atoms with Gasteiger partial charge in [-0.1, -0.05) is 24.3 Å². The molecule has 0 amide bonds. The second-order valence-electron chi connectivity index (χ2n) is 10.1. The number of imidazole rings is 2. The van der Waals surface area contributed by atoms with Crippen LogP contribution in [-0.2, 0) is 26.2 Å². The van der Waals surface area contributed by atoms with Gasteiger partial charge in [0.1, 0.15) is 24.1 Å². The summed E-state index contributed by atoms with van der Waals surface area (Å²) in [6.45, 7) is 7.94. The molecule has 0 spiro atoms. The fourth-order valence-corrected chi connectivity index (χ4v) is 5.23. The van der Waals surface area contributed by atoms with Crippen molar-refractivity contribution in [2.75, 3.05) is 31.1 Å². The zero-order valence-electron chi connectivity index (χ0n) is 22.9. The molecule has 4 heterocycles. The highest BCUT2D eigenvalue weighted by molar-refractivity contribution is 5.76. The molecule has 6 rings (SSSR count). The van der Waals surface area contributed by atoms with Crippen LogP contribution < -0.4 is 9.64 Å². The first-order valence-corrected chi connectivity index (χ1v) is 13.8. The number of nitriles is 1. The van der Waals surface area contributed by atoms with Crippen LogP contribution >= 0.6 is 0 Å². The second kappa shape index (κ2) is 11.8. The van der Waals surface area contributed by atoms with Gasteiger partial charge < -0.3 is 18.8 Å². The maximum Gasteiger partial charge on any atom is 0.215 e. The van der Waals surface area contributed by atoms with E-state index in [1.54, 1.807) is 18.2 Å². The fourth-order valence-electron chi connectivity index (χ4n) is 5.23. The third kappa shape index (κ3) is 5.76. The molecule has 9 nitrogen and oxygen atoms in total. The van der Waals surface area contributed by atoms with Gasteiger partial charge >= 0.3 is 0 Å². The van der Waals surface area contributed by atoms with Crippen LogP contribution in [0.15, 0.2) is 73.2 Å². The Balaban J connectivity index is 1.10. The predicted octanol–water partition coefficient (Wildman–Crippen LogP) is 4.61. The van der Waals surface area contributed by atoms with Gasteiger partial charge in [0.2, 0.25) is 5.88 Å². The van der Waals surface area contributed by atoms with Crippen LogP contribution in [0.25, 0.3) is 11.0 Å². The SMILES string of the molecule is CCn1cncc1Cn1c(CN2CCN(c3cccc(OCc4ccc(C#N)cc4F)n3)CC2)nc2ccccc21. The normalized spacial score (nSPS) is 13.9. The smallest absolute Gasteiger partial charge is 0.215 e. The van der Waals surface area contributed by atoms with Gasteiger partial charge in [0, 0.05) is 50.6 Å². The number of nitrogens with zero attached hydrogens (tertiary/aromatic N) is 8. The van der Waals surface area contributed by atoms with Crippen LogP contribution in [0.4, 0.5) is 10.2 Å². The molecule has 0 aliphatic carbocycles. The Kier molecular flexibility index (Phi) is 7.60. The van der Waals surface area contributed by atoms with Gasteiger partial charge in [-0.2, -0.15) is 10.2 Å². The van der Waals surface area contributed by atoms with E-state index in [1.165, 1.54) is 6.07 Å². The van der Waals surface area contributed by atoms with Crippen molar-refractivity contribution in [3.8, 4) is 11.9 Å². The molecule has 0 saturated carbocycles. The minimum atomic E-state index is -0.458. The largest absolute Gasteiger partial charge is 0.473 e. The Hall–Kier alpha value is -4.75. The number of piperazine rings is 1. The Labute approximate surface area is 238 Å². The number of fused-ring (bicyclic) bond motifs is 1. The molecule has 3 aromatic heterocycles. The molecular weight excluding hydrogens is 519 g/mol. The number of para-hydroxylation sites is 2. The monoisotopic (exact) mass is 550 g/mol. The van der Waals surface area contributed by atoms with Crippen LogP contribution in [0.1, 0.15) is 29.6 Å². The van der Waals surface area contributed by atoms with E-state index in [-0.39, 0.29) is 12.2 Å². The lowest BCUT2D eigenvalue weighted by atomic mass is 10.1. The van der Waals surface area contributed by atoms with Crippen LogP contribution in [0.5, 0.6) is 5.88 Å². The van der Waals surface area contributed by atoms with E-state index in [0.29, 0.717) is 11.4 Å². The molecule has 41 heavy (non-hydrogen) atoms. The summed E-state index contributed by atoms with van der Waals surface area (Å²) in [6.07, 6.45) is 3.82. The number of rotatable bonds is 9. The lowest BCUT2D eigenvalue weighted by molar-refractivity contribution is 0.240. The summed E-state index contributed by atoms with van der Waals surface area (Å²) in [5.41, 5.74) is 3.97. The fraction of sp³-hybridized carbons (Fsp3) is 0.290. The van der Waals surface area contributed by atoms with Crippen molar-refractivity contribution < 1.29 is 9.13 Å². The van der Waals surface area contributed by atoms with Crippen molar-refractivity contribution >= 4 is 16.9 Å². The van der Waals surface area contributed by atoms with E-state index < -0.39 is 5.82 Å². The standard InChI is InChI=1S/C31H31FN8O/c1-2-38-22-34-18-25(38)19-40-28-7-4-3-6-27(28)35-30(40)20-37-12-14-39(15-13-37)29-8-5-9-31(36-29)41-21-24-11-10-23(17-33)16-26(24)32/h3-11,16,18,22H,2,12-15,19-21H2,1H3. The first-order chi connectivity index (χ1) is 20.1. The summed E-state index contributed by atoms with van der Waals surface area (Å²) in [6, 6.07) is 20.3. The van der Waals surface area contributed by atoms with Crippen molar-refractivity contribution in [2.24, 2.45) is 0 Å². The van der Waals surface area contributed by atoms with E-state index in [2.05, 4.69) is 54.0 Å². The summed E-state index contributed by atoms with van der Waals surface area (Å²) in [4.78, 5) is 18.7. The number of ether oxygens (including phenoxy) is 1. The molecule has 2 aromatic carbocycles. The molecule has 0 unspecified atom stereocenters. The Morgan fingerprint density at radius 2 is 1.83 bits per heavy atom. The Bertz CT molecular complexity index is 1700. The third-order valence-corrected chi connectivity index (χ3v) is 7.52. The van der Waals surface area contributed by atoms with Crippen LogP contribution in [0, 0.1) is 17.1 Å². The molecule has 0 N–H and O–H groups in total. The predicted molar refractivity (Wildman–Crippen MR) is 154 cm³/mol. The van der Waals surface area contributed by atoms with Gasteiger partial charge in [-0.05, 0) is 37.3 Å². The molecule has 0 bridgehead atoms. The average molecular weight is 551 g/mol. The first-order valence-electron chi connectivity index (χ1n) is 13.8. The van der Waals surface area contributed by atoms with E-state index in [0.717, 1.165) is 74.2 Å². The molecule has 0 atom stereocenters. The van der Waals surface area contributed by atoms with Gasteiger partial charge in [-0.3, -0.25) is 4.90 Å². The van der Waals surface area contributed by atoms with E-state index in [4.69, 9.17) is 15.0 Å². The number of benzene rings is 2. The average Bonchev–Trinajstić information content (AvgIpc) is 3.61. The second-order valence-corrected chi connectivity index (χ2v) is 10.1. The molecule has 1 fully saturated rings. The zero-order chi connectivity index (χ0) is 28.2. The molecular formula is C31H31FN8O. The molecule has 208 valence electrons. The number of hydrogen-bond donors (Lipinski definition) is 0. The quantitative estimate of drug-likeness (QED) is 0.265. The number of anilines is 1. The number of halogens is 1.